The largest absolute Gasteiger partial charge is 0.494 e. The molecule has 3 rings (SSSR count). The van der Waals surface area contributed by atoms with E-state index in [-0.39, 0.29) is 24.2 Å². The van der Waals surface area contributed by atoms with Gasteiger partial charge >= 0.3 is 0 Å². The molecule has 1 unspecified atom stereocenters. The van der Waals surface area contributed by atoms with E-state index >= 15 is 0 Å². The molecule has 0 saturated carbocycles. The zero-order valence-electron chi connectivity index (χ0n) is 15.7. The second kappa shape index (κ2) is 9.75. The van der Waals surface area contributed by atoms with Crippen LogP contribution in [0.2, 0.25) is 5.02 Å². The van der Waals surface area contributed by atoms with Gasteiger partial charge in [-0.3, -0.25) is 4.79 Å². The minimum atomic E-state index is -0.444. The molecule has 1 fully saturated rings. The molecule has 7 heteroatoms. The summed E-state index contributed by atoms with van der Waals surface area (Å²) in [6, 6.07) is 9.76. The Labute approximate surface area is 168 Å². The van der Waals surface area contributed by atoms with Crippen LogP contribution in [0, 0.1) is 5.82 Å². The number of methoxy groups -OCH3 is 1. The molecule has 1 saturated heterocycles. The van der Waals surface area contributed by atoms with Crippen LogP contribution in [-0.2, 0) is 16.0 Å². The SMILES string of the molecule is COc1ccc(CCC(=O)Nc2cc(Cl)ccc2OCC2CCCO2)cc1F. The molecule has 1 heterocycles. The van der Waals surface area contributed by atoms with Crippen molar-refractivity contribution in [3.05, 3.63) is 52.8 Å². The summed E-state index contributed by atoms with van der Waals surface area (Å²) in [5.74, 6) is 0.0735. The highest BCUT2D eigenvalue weighted by Gasteiger charge is 2.17. The van der Waals surface area contributed by atoms with E-state index in [1.807, 2.05) is 0 Å². The molecule has 0 spiro atoms. The number of rotatable bonds is 8. The number of carbonyl (C=O) groups excluding carboxylic acids is 1. The van der Waals surface area contributed by atoms with E-state index in [0.29, 0.717) is 29.5 Å². The summed E-state index contributed by atoms with van der Waals surface area (Å²) < 4.78 is 30.0. The van der Waals surface area contributed by atoms with Crippen LogP contribution in [0.5, 0.6) is 11.5 Å². The molecule has 28 heavy (non-hydrogen) atoms. The van der Waals surface area contributed by atoms with Gasteiger partial charge in [-0.25, -0.2) is 4.39 Å². The van der Waals surface area contributed by atoms with Crippen LogP contribution < -0.4 is 14.8 Å². The lowest BCUT2D eigenvalue weighted by Gasteiger charge is -2.15. The summed E-state index contributed by atoms with van der Waals surface area (Å²) >= 11 is 6.06. The molecule has 1 aliphatic heterocycles. The van der Waals surface area contributed by atoms with E-state index in [4.69, 9.17) is 25.8 Å². The van der Waals surface area contributed by atoms with Crippen molar-refractivity contribution in [3.63, 3.8) is 0 Å². The molecular formula is C21H23ClFNO4. The normalized spacial score (nSPS) is 16.0. The predicted octanol–water partition coefficient (Wildman–Crippen LogP) is 4.62. The van der Waals surface area contributed by atoms with E-state index in [1.54, 1.807) is 30.3 Å². The van der Waals surface area contributed by atoms with Crippen molar-refractivity contribution in [1.82, 2.24) is 0 Å². The van der Waals surface area contributed by atoms with E-state index in [1.165, 1.54) is 13.2 Å². The standard InChI is InChI=1S/C21H23ClFNO4/c1-26-19-7-4-14(11-17(19)23)5-9-21(25)24-18-12-15(22)6-8-20(18)28-13-16-3-2-10-27-16/h4,6-8,11-12,16H,2-3,5,9-10,13H2,1H3,(H,24,25). The third kappa shape index (κ3) is 5.59. The highest BCUT2D eigenvalue weighted by Crippen LogP contribution is 2.29. The molecule has 150 valence electrons. The minimum absolute atomic E-state index is 0.0733. The number of amides is 1. The van der Waals surface area contributed by atoms with Crippen molar-refractivity contribution in [3.8, 4) is 11.5 Å². The zero-order chi connectivity index (χ0) is 19.9. The maximum absolute atomic E-state index is 13.8. The quantitative estimate of drug-likeness (QED) is 0.693. The topological polar surface area (TPSA) is 56.8 Å². The Kier molecular flexibility index (Phi) is 7.12. The number of hydrogen-bond acceptors (Lipinski definition) is 4. The Morgan fingerprint density at radius 3 is 2.82 bits per heavy atom. The van der Waals surface area contributed by atoms with Gasteiger partial charge in [0.25, 0.3) is 0 Å². The lowest BCUT2D eigenvalue weighted by Crippen LogP contribution is -2.18. The Bertz CT molecular complexity index is 824. The van der Waals surface area contributed by atoms with Gasteiger partial charge in [-0.2, -0.15) is 0 Å². The van der Waals surface area contributed by atoms with Crippen molar-refractivity contribution in [2.45, 2.75) is 31.8 Å². The first-order chi connectivity index (χ1) is 13.5. The van der Waals surface area contributed by atoms with Gasteiger partial charge in [-0.1, -0.05) is 17.7 Å². The number of anilines is 1. The van der Waals surface area contributed by atoms with Gasteiger partial charge in [0.05, 0.1) is 18.9 Å². The van der Waals surface area contributed by atoms with Gasteiger partial charge in [0.1, 0.15) is 12.4 Å². The third-order valence-corrected chi connectivity index (χ3v) is 4.76. The Morgan fingerprint density at radius 1 is 1.29 bits per heavy atom. The first-order valence-electron chi connectivity index (χ1n) is 9.21. The van der Waals surface area contributed by atoms with E-state index in [2.05, 4.69) is 5.32 Å². The minimum Gasteiger partial charge on any atom is -0.494 e. The zero-order valence-corrected chi connectivity index (χ0v) is 16.4. The van der Waals surface area contributed by atoms with Crippen LogP contribution in [0.4, 0.5) is 10.1 Å². The number of hydrogen-bond donors (Lipinski definition) is 1. The fourth-order valence-corrected chi connectivity index (χ4v) is 3.19. The van der Waals surface area contributed by atoms with Crippen LogP contribution in [0.3, 0.4) is 0 Å². The van der Waals surface area contributed by atoms with E-state index < -0.39 is 5.82 Å². The van der Waals surface area contributed by atoms with Gasteiger partial charge in [0, 0.05) is 18.1 Å². The van der Waals surface area contributed by atoms with E-state index in [0.717, 1.165) is 25.0 Å². The lowest BCUT2D eigenvalue weighted by atomic mass is 10.1. The summed E-state index contributed by atoms with van der Waals surface area (Å²) in [5, 5.41) is 3.32. The first kappa shape index (κ1) is 20.4. The number of carbonyl (C=O) groups is 1. The Hall–Kier alpha value is -2.31. The number of ether oxygens (including phenoxy) is 3. The predicted molar refractivity (Wildman–Crippen MR) is 106 cm³/mol. The van der Waals surface area contributed by atoms with Crippen molar-refractivity contribution in [2.24, 2.45) is 0 Å². The number of benzene rings is 2. The van der Waals surface area contributed by atoms with Gasteiger partial charge in [-0.15, -0.1) is 0 Å². The van der Waals surface area contributed by atoms with Crippen molar-refractivity contribution in [2.75, 3.05) is 25.6 Å². The Balaban J connectivity index is 1.58. The Morgan fingerprint density at radius 2 is 2.11 bits per heavy atom. The summed E-state index contributed by atoms with van der Waals surface area (Å²) in [4.78, 5) is 12.4. The van der Waals surface area contributed by atoms with Gasteiger partial charge < -0.3 is 19.5 Å². The van der Waals surface area contributed by atoms with Gasteiger partial charge in [-0.05, 0) is 55.2 Å². The monoisotopic (exact) mass is 407 g/mol. The molecule has 0 aromatic heterocycles. The molecule has 1 N–H and O–H groups in total. The molecular weight excluding hydrogens is 385 g/mol. The lowest BCUT2D eigenvalue weighted by molar-refractivity contribution is -0.116. The van der Waals surface area contributed by atoms with Crippen molar-refractivity contribution >= 4 is 23.2 Å². The van der Waals surface area contributed by atoms with Crippen LogP contribution >= 0.6 is 11.6 Å². The van der Waals surface area contributed by atoms with Crippen LogP contribution in [-0.4, -0.2) is 32.3 Å². The molecule has 5 nitrogen and oxygen atoms in total. The molecule has 0 bridgehead atoms. The average Bonchev–Trinajstić information content (AvgIpc) is 3.19. The average molecular weight is 408 g/mol. The summed E-state index contributed by atoms with van der Waals surface area (Å²) in [7, 11) is 1.41. The second-order valence-electron chi connectivity index (χ2n) is 6.60. The van der Waals surface area contributed by atoms with Crippen molar-refractivity contribution < 1.29 is 23.4 Å². The van der Waals surface area contributed by atoms with Gasteiger partial charge in [0.2, 0.25) is 5.91 Å². The highest BCUT2D eigenvalue weighted by molar-refractivity contribution is 6.31. The van der Waals surface area contributed by atoms with Crippen LogP contribution in [0.15, 0.2) is 36.4 Å². The number of nitrogens with one attached hydrogen (secondary N) is 1. The number of halogens is 2. The molecule has 0 radical (unpaired) electrons. The van der Waals surface area contributed by atoms with Gasteiger partial charge in [0.15, 0.2) is 11.6 Å². The molecule has 2 aromatic carbocycles. The van der Waals surface area contributed by atoms with E-state index in [9.17, 15) is 9.18 Å². The summed E-state index contributed by atoms with van der Waals surface area (Å²) in [5.41, 5.74) is 1.23. The molecule has 1 amide bonds. The number of aryl methyl sites for hydroxylation is 1. The highest BCUT2D eigenvalue weighted by atomic mass is 35.5. The second-order valence-corrected chi connectivity index (χ2v) is 7.04. The van der Waals surface area contributed by atoms with Crippen LogP contribution in [0.1, 0.15) is 24.8 Å². The smallest absolute Gasteiger partial charge is 0.224 e. The fraction of sp³-hybridized carbons (Fsp3) is 0.381. The van der Waals surface area contributed by atoms with Crippen LogP contribution in [0.25, 0.3) is 0 Å². The molecule has 0 aliphatic carbocycles. The fourth-order valence-electron chi connectivity index (χ4n) is 3.02. The summed E-state index contributed by atoms with van der Waals surface area (Å²) in [6.07, 6.45) is 2.67. The molecule has 2 aromatic rings. The maximum atomic E-state index is 13.8. The third-order valence-electron chi connectivity index (χ3n) is 4.52. The van der Waals surface area contributed by atoms with Crippen molar-refractivity contribution in [1.29, 1.82) is 0 Å². The molecule has 1 atom stereocenters. The molecule has 1 aliphatic rings. The maximum Gasteiger partial charge on any atom is 0.224 e. The first-order valence-corrected chi connectivity index (χ1v) is 9.59. The summed E-state index contributed by atoms with van der Waals surface area (Å²) in [6.45, 7) is 1.18.